The minimum absolute atomic E-state index is 0.0352. The Kier molecular flexibility index (Phi) is 4.76. The van der Waals surface area contributed by atoms with E-state index in [2.05, 4.69) is 20.9 Å². The standard InChI is InChI=1S/C13H17BrN2O3/c1-9-8-19-10(5-14)7-16(9)13(17)11-3-4-15-6-12(11)18-2/h3-4,6,9-10H,5,7-8H2,1-2H3. The number of morpholine rings is 1. The molecule has 6 heteroatoms. The maximum absolute atomic E-state index is 12.6. The summed E-state index contributed by atoms with van der Waals surface area (Å²) >= 11 is 3.39. The molecule has 0 aromatic carbocycles. The van der Waals surface area contributed by atoms with Crippen LogP contribution in [0.3, 0.4) is 0 Å². The van der Waals surface area contributed by atoms with Crippen LogP contribution in [-0.2, 0) is 4.74 Å². The third-order valence-corrected chi connectivity index (χ3v) is 3.90. The van der Waals surface area contributed by atoms with E-state index >= 15 is 0 Å². The van der Waals surface area contributed by atoms with Crippen molar-refractivity contribution >= 4 is 21.8 Å². The van der Waals surface area contributed by atoms with Gasteiger partial charge in [-0.2, -0.15) is 0 Å². The predicted octanol–water partition coefficient (Wildman–Crippen LogP) is 1.71. The van der Waals surface area contributed by atoms with E-state index in [1.165, 1.54) is 7.11 Å². The van der Waals surface area contributed by atoms with Gasteiger partial charge in [-0.25, -0.2) is 0 Å². The molecular weight excluding hydrogens is 312 g/mol. The van der Waals surface area contributed by atoms with Crippen molar-refractivity contribution in [2.75, 3.05) is 25.6 Å². The van der Waals surface area contributed by atoms with Crippen LogP contribution in [0.4, 0.5) is 0 Å². The van der Waals surface area contributed by atoms with E-state index in [0.29, 0.717) is 24.5 Å². The number of amides is 1. The van der Waals surface area contributed by atoms with Gasteiger partial charge in [-0.15, -0.1) is 0 Å². The zero-order chi connectivity index (χ0) is 13.8. The van der Waals surface area contributed by atoms with E-state index < -0.39 is 0 Å². The van der Waals surface area contributed by atoms with Gasteiger partial charge >= 0.3 is 0 Å². The average molecular weight is 329 g/mol. The summed E-state index contributed by atoms with van der Waals surface area (Å²) in [6, 6.07) is 1.74. The number of pyridine rings is 1. The molecule has 0 N–H and O–H groups in total. The number of aromatic nitrogens is 1. The largest absolute Gasteiger partial charge is 0.494 e. The fourth-order valence-electron chi connectivity index (χ4n) is 2.07. The smallest absolute Gasteiger partial charge is 0.258 e. The fraction of sp³-hybridized carbons (Fsp3) is 0.538. The normalized spacial score (nSPS) is 23.2. The first kappa shape index (κ1) is 14.3. The predicted molar refractivity (Wildman–Crippen MR) is 74.8 cm³/mol. The highest BCUT2D eigenvalue weighted by Crippen LogP contribution is 2.22. The van der Waals surface area contributed by atoms with Gasteiger partial charge in [0.2, 0.25) is 0 Å². The maximum Gasteiger partial charge on any atom is 0.258 e. The molecule has 2 atom stereocenters. The van der Waals surface area contributed by atoms with Gasteiger partial charge in [0.15, 0.2) is 0 Å². The Bertz CT molecular complexity index is 455. The Hall–Kier alpha value is -1.14. The fourth-order valence-corrected chi connectivity index (χ4v) is 2.46. The van der Waals surface area contributed by atoms with E-state index in [1.807, 2.05) is 11.8 Å². The number of rotatable bonds is 3. The number of carbonyl (C=O) groups is 1. The van der Waals surface area contributed by atoms with Crippen LogP contribution in [0, 0.1) is 0 Å². The van der Waals surface area contributed by atoms with E-state index in [-0.39, 0.29) is 18.1 Å². The van der Waals surface area contributed by atoms with Crippen LogP contribution in [0.25, 0.3) is 0 Å². The molecule has 0 spiro atoms. The van der Waals surface area contributed by atoms with E-state index in [0.717, 1.165) is 5.33 Å². The monoisotopic (exact) mass is 328 g/mol. The quantitative estimate of drug-likeness (QED) is 0.793. The Labute approximate surface area is 121 Å². The van der Waals surface area contributed by atoms with Gasteiger partial charge in [0.05, 0.1) is 37.6 Å². The highest BCUT2D eigenvalue weighted by atomic mass is 79.9. The highest BCUT2D eigenvalue weighted by molar-refractivity contribution is 9.09. The van der Waals surface area contributed by atoms with Gasteiger partial charge in [0.25, 0.3) is 5.91 Å². The molecule has 5 nitrogen and oxygen atoms in total. The molecule has 1 aromatic heterocycles. The Morgan fingerprint density at radius 3 is 3.16 bits per heavy atom. The van der Waals surface area contributed by atoms with E-state index in [9.17, 15) is 4.79 Å². The summed E-state index contributed by atoms with van der Waals surface area (Å²) in [5, 5.41) is 0.719. The Morgan fingerprint density at radius 2 is 2.47 bits per heavy atom. The molecule has 2 unspecified atom stereocenters. The van der Waals surface area contributed by atoms with Gasteiger partial charge in [-0.05, 0) is 13.0 Å². The summed E-state index contributed by atoms with van der Waals surface area (Å²) in [5.74, 6) is 0.461. The summed E-state index contributed by atoms with van der Waals surface area (Å²) in [6.45, 7) is 3.11. The lowest BCUT2D eigenvalue weighted by atomic mass is 10.1. The first-order valence-electron chi connectivity index (χ1n) is 6.14. The summed E-state index contributed by atoms with van der Waals surface area (Å²) in [6.07, 6.45) is 3.19. The molecule has 1 aromatic rings. The van der Waals surface area contributed by atoms with Crippen molar-refractivity contribution in [1.82, 2.24) is 9.88 Å². The number of ether oxygens (including phenoxy) is 2. The van der Waals surface area contributed by atoms with Crippen molar-refractivity contribution in [3.05, 3.63) is 24.0 Å². The van der Waals surface area contributed by atoms with Gasteiger partial charge < -0.3 is 14.4 Å². The van der Waals surface area contributed by atoms with Crippen LogP contribution in [0.1, 0.15) is 17.3 Å². The molecule has 0 aliphatic carbocycles. The number of alkyl halides is 1. The van der Waals surface area contributed by atoms with Crippen LogP contribution >= 0.6 is 15.9 Å². The number of methoxy groups -OCH3 is 1. The van der Waals surface area contributed by atoms with Crippen LogP contribution in [-0.4, -0.2) is 53.5 Å². The topological polar surface area (TPSA) is 51.7 Å². The van der Waals surface area contributed by atoms with Crippen molar-refractivity contribution < 1.29 is 14.3 Å². The molecule has 19 heavy (non-hydrogen) atoms. The lowest BCUT2D eigenvalue weighted by molar-refractivity contribution is -0.0362. The number of nitrogens with zero attached hydrogens (tertiary/aromatic N) is 2. The summed E-state index contributed by atoms with van der Waals surface area (Å²) in [5.41, 5.74) is 0.541. The van der Waals surface area contributed by atoms with Crippen molar-refractivity contribution in [2.45, 2.75) is 19.1 Å². The zero-order valence-corrected chi connectivity index (χ0v) is 12.6. The third kappa shape index (κ3) is 3.06. The summed E-state index contributed by atoms with van der Waals surface area (Å²) in [7, 11) is 1.54. The number of carbonyl (C=O) groups excluding carboxylic acids is 1. The van der Waals surface area contributed by atoms with Gasteiger partial charge in [-0.3, -0.25) is 9.78 Å². The molecule has 0 radical (unpaired) electrons. The number of hydrogen-bond acceptors (Lipinski definition) is 4. The average Bonchev–Trinajstić information content (AvgIpc) is 2.47. The second-order valence-electron chi connectivity index (χ2n) is 4.49. The van der Waals surface area contributed by atoms with E-state index in [1.54, 1.807) is 18.5 Å². The minimum Gasteiger partial charge on any atom is -0.494 e. The van der Waals surface area contributed by atoms with E-state index in [4.69, 9.17) is 9.47 Å². The molecule has 2 rings (SSSR count). The summed E-state index contributed by atoms with van der Waals surface area (Å²) in [4.78, 5) is 18.4. The molecule has 0 saturated carbocycles. The van der Waals surface area contributed by atoms with Crippen molar-refractivity contribution in [3.8, 4) is 5.75 Å². The van der Waals surface area contributed by atoms with Crippen LogP contribution in [0.2, 0.25) is 0 Å². The van der Waals surface area contributed by atoms with Gasteiger partial charge in [0, 0.05) is 18.1 Å². The number of hydrogen-bond donors (Lipinski definition) is 0. The molecule has 1 aliphatic heterocycles. The van der Waals surface area contributed by atoms with Gasteiger partial charge in [-0.1, -0.05) is 15.9 Å². The molecule has 1 fully saturated rings. The first-order valence-corrected chi connectivity index (χ1v) is 7.26. The number of halogens is 1. The lowest BCUT2D eigenvalue weighted by Gasteiger charge is -2.37. The maximum atomic E-state index is 12.6. The highest BCUT2D eigenvalue weighted by Gasteiger charge is 2.30. The minimum atomic E-state index is -0.0407. The third-order valence-electron chi connectivity index (χ3n) is 3.17. The first-order chi connectivity index (χ1) is 9.17. The van der Waals surface area contributed by atoms with Crippen molar-refractivity contribution in [1.29, 1.82) is 0 Å². The van der Waals surface area contributed by atoms with Crippen LogP contribution in [0.5, 0.6) is 5.75 Å². The molecule has 1 saturated heterocycles. The zero-order valence-electron chi connectivity index (χ0n) is 11.0. The second-order valence-corrected chi connectivity index (χ2v) is 5.14. The van der Waals surface area contributed by atoms with Gasteiger partial charge in [0.1, 0.15) is 5.75 Å². The summed E-state index contributed by atoms with van der Waals surface area (Å²) < 4.78 is 10.8. The molecule has 104 valence electrons. The van der Waals surface area contributed by atoms with Crippen LogP contribution < -0.4 is 4.74 Å². The van der Waals surface area contributed by atoms with Crippen molar-refractivity contribution in [2.24, 2.45) is 0 Å². The molecule has 1 amide bonds. The molecule has 2 heterocycles. The second kappa shape index (κ2) is 6.34. The van der Waals surface area contributed by atoms with Crippen LogP contribution in [0.15, 0.2) is 18.5 Å². The molecular formula is C13H17BrN2O3. The molecule has 0 bridgehead atoms. The molecule has 1 aliphatic rings. The van der Waals surface area contributed by atoms with Crippen molar-refractivity contribution in [3.63, 3.8) is 0 Å². The lowest BCUT2D eigenvalue weighted by Crippen LogP contribution is -2.51. The Morgan fingerprint density at radius 1 is 1.68 bits per heavy atom. The SMILES string of the molecule is COc1cnccc1C(=O)N1CC(CBr)OCC1C. The Balaban J connectivity index is 2.22.